The zero-order chi connectivity index (χ0) is 13.0. The Bertz CT molecular complexity index is 589. The molecule has 0 saturated carbocycles. The first-order valence-electron chi connectivity index (χ1n) is 5.42. The lowest BCUT2D eigenvalue weighted by Gasteiger charge is -2.07. The van der Waals surface area contributed by atoms with Crippen molar-refractivity contribution in [2.75, 3.05) is 6.61 Å². The number of aromatic nitrogens is 1. The first kappa shape index (κ1) is 13.1. The van der Waals surface area contributed by atoms with Gasteiger partial charge in [0.05, 0.1) is 23.4 Å². The third-order valence-corrected chi connectivity index (χ3v) is 3.98. The van der Waals surface area contributed by atoms with Gasteiger partial charge in [0, 0.05) is 15.8 Å². The predicted octanol–water partition coefficient (Wildman–Crippen LogP) is 3.71. The molecule has 1 aromatic heterocycles. The lowest BCUT2D eigenvalue weighted by atomic mass is 10.2. The van der Waals surface area contributed by atoms with Crippen LogP contribution >= 0.6 is 27.3 Å². The quantitative estimate of drug-likeness (QED) is 0.862. The van der Waals surface area contributed by atoms with Crippen molar-refractivity contribution in [2.24, 2.45) is 0 Å². The molecule has 0 saturated heterocycles. The molecule has 2 rings (SSSR count). The Kier molecular flexibility index (Phi) is 4.34. The maximum atomic E-state index is 8.98. The summed E-state index contributed by atoms with van der Waals surface area (Å²) < 4.78 is 6.57. The number of halogens is 1. The van der Waals surface area contributed by atoms with Crippen LogP contribution < -0.4 is 4.74 Å². The number of thiazole rings is 1. The van der Waals surface area contributed by atoms with Crippen molar-refractivity contribution in [3.05, 3.63) is 44.3 Å². The Balaban J connectivity index is 2.00. The second-order valence-corrected chi connectivity index (χ2v) is 5.57. The molecular formula is C13H11BrN2OS. The average Bonchev–Trinajstić information content (AvgIpc) is 2.76. The molecule has 0 spiro atoms. The third-order valence-electron chi connectivity index (χ3n) is 2.50. The Morgan fingerprint density at radius 1 is 1.50 bits per heavy atom. The second-order valence-electron chi connectivity index (χ2n) is 3.71. The van der Waals surface area contributed by atoms with Gasteiger partial charge in [0.2, 0.25) is 0 Å². The SMILES string of the molecule is Cc1ncsc1CCOc1cc(Br)ccc1C#N. The molecule has 0 radical (unpaired) electrons. The van der Waals surface area contributed by atoms with Gasteiger partial charge in [0.15, 0.2) is 0 Å². The van der Waals surface area contributed by atoms with Crippen LogP contribution in [0.25, 0.3) is 0 Å². The van der Waals surface area contributed by atoms with Gasteiger partial charge < -0.3 is 4.74 Å². The fraction of sp³-hybridized carbons (Fsp3) is 0.231. The number of ether oxygens (including phenoxy) is 1. The number of rotatable bonds is 4. The van der Waals surface area contributed by atoms with Gasteiger partial charge in [0.25, 0.3) is 0 Å². The molecule has 5 heteroatoms. The monoisotopic (exact) mass is 322 g/mol. The van der Waals surface area contributed by atoms with E-state index < -0.39 is 0 Å². The fourth-order valence-corrected chi connectivity index (χ4v) is 2.63. The van der Waals surface area contributed by atoms with Crippen LogP contribution in [-0.2, 0) is 6.42 Å². The summed E-state index contributed by atoms with van der Waals surface area (Å²) in [6.45, 7) is 2.54. The summed E-state index contributed by atoms with van der Waals surface area (Å²) in [4.78, 5) is 5.42. The minimum atomic E-state index is 0.550. The van der Waals surface area contributed by atoms with Gasteiger partial charge in [0.1, 0.15) is 11.8 Å². The van der Waals surface area contributed by atoms with Gasteiger partial charge in [-0.05, 0) is 25.1 Å². The molecule has 3 nitrogen and oxygen atoms in total. The lowest BCUT2D eigenvalue weighted by Crippen LogP contribution is -2.02. The summed E-state index contributed by atoms with van der Waals surface area (Å²) in [5.41, 5.74) is 3.45. The smallest absolute Gasteiger partial charge is 0.138 e. The van der Waals surface area contributed by atoms with Crippen LogP contribution in [0.1, 0.15) is 16.1 Å². The first-order valence-corrected chi connectivity index (χ1v) is 7.09. The van der Waals surface area contributed by atoms with Crippen LogP contribution in [0.2, 0.25) is 0 Å². The molecule has 0 fully saturated rings. The molecule has 1 aromatic carbocycles. The zero-order valence-electron chi connectivity index (χ0n) is 9.81. The molecule has 0 aliphatic carbocycles. The largest absolute Gasteiger partial charge is 0.492 e. The van der Waals surface area contributed by atoms with Crippen molar-refractivity contribution < 1.29 is 4.74 Å². The summed E-state index contributed by atoms with van der Waals surface area (Å²) in [5, 5.41) is 8.98. The molecule has 0 amide bonds. The summed E-state index contributed by atoms with van der Waals surface area (Å²) in [6.07, 6.45) is 0.813. The number of nitriles is 1. The number of nitrogens with zero attached hydrogens (tertiary/aromatic N) is 2. The molecule has 0 atom stereocenters. The molecule has 0 unspecified atom stereocenters. The van der Waals surface area contributed by atoms with E-state index in [1.807, 2.05) is 24.6 Å². The normalized spacial score (nSPS) is 10.1. The van der Waals surface area contributed by atoms with Crippen molar-refractivity contribution in [1.82, 2.24) is 4.98 Å². The highest BCUT2D eigenvalue weighted by Gasteiger charge is 2.06. The molecule has 2 aromatic rings. The minimum absolute atomic E-state index is 0.550. The Morgan fingerprint density at radius 2 is 2.33 bits per heavy atom. The first-order chi connectivity index (χ1) is 8.70. The van der Waals surface area contributed by atoms with E-state index in [4.69, 9.17) is 10.00 Å². The van der Waals surface area contributed by atoms with E-state index in [1.165, 1.54) is 4.88 Å². The highest BCUT2D eigenvalue weighted by atomic mass is 79.9. The van der Waals surface area contributed by atoms with Crippen LogP contribution in [0.5, 0.6) is 5.75 Å². The zero-order valence-corrected chi connectivity index (χ0v) is 12.2. The van der Waals surface area contributed by atoms with Crippen molar-refractivity contribution in [1.29, 1.82) is 5.26 Å². The molecule has 92 valence electrons. The van der Waals surface area contributed by atoms with Gasteiger partial charge in [-0.15, -0.1) is 11.3 Å². The van der Waals surface area contributed by atoms with E-state index in [2.05, 4.69) is 27.0 Å². The van der Waals surface area contributed by atoms with Gasteiger partial charge in [-0.1, -0.05) is 15.9 Å². The predicted molar refractivity (Wildman–Crippen MR) is 74.9 cm³/mol. The van der Waals surface area contributed by atoms with Crippen LogP contribution in [0.15, 0.2) is 28.2 Å². The molecule has 0 aliphatic heterocycles. The molecule has 0 bridgehead atoms. The lowest BCUT2D eigenvalue weighted by molar-refractivity contribution is 0.321. The fourth-order valence-electron chi connectivity index (χ4n) is 1.53. The van der Waals surface area contributed by atoms with Crippen LogP contribution in [-0.4, -0.2) is 11.6 Å². The maximum absolute atomic E-state index is 8.98. The van der Waals surface area contributed by atoms with E-state index in [9.17, 15) is 0 Å². The van der Waals surface area contributed by atoms with Crippen LogP contribution in [0, 0.1) is 18.3 Å². The Hall–Kier alpha value is -1.38. The van der Waals surface area contributed by atoms with Gasteiger partial charge in [-0.2, -0.15) is 5.26 Å². The number of hydrogen-bond acceptors (Lipinski definition) is 4. The van der Waals surface area contributed by atoms with Crippen LogP contribution in [0.3, 0.4) is 0 Å². The van der Waals surface area contributed by atoms with Crippen molar-refractivity contribution in [2.45, 2.75) is 13.3 Å². The van der Waals surface area contributed by atoms with Crippen LogP contribution in [0.4, 0.5) is 0 Å². The summed E-state index contributed by atoms with van der Waals surface area (Å²) in [6, 6.07) is 7.52. The molecular weight excluding hydrogens is 312 g/mol. The van der Waals surface area contributed by atoms with Gasteiger partial charge in [-0.25, -0.2) is 4.98 Å². The molecule has 0 N–H and O–H groups in total. The third kappa shape index (κ3) is 3.09. The van der Waals surface area contributed by atoms with Crippen molar-refractivity contribution in [3.63, 3.8) is 0 Å². The molecule has 0 aliphatic rings. The maximum Gasteiger partial charge on any atom is 0.138 e. The molecule has 1 heterocycles. The number of aryl methyl sites for hydroxylation is 1. The average molecular weight is 323 g/mol. The number of benzene rings is 1. The van der Waals surface area contributed by atoms with Gasteiger partial charge >= 0.3 is 0 Å². The Morgan fingerprint density at radius 3 is 3.00 bits per heavy atom. The van der Waals surface area contributed by atoms with E-state index in [0.29, 0.717) is 17.9 Å². The minimum Gasteiger partial charge on any atom is -0.492 e. The summed E-state index contributed by atoms with van der Waals surface area (Å²) in [5.74, 6) is 0.619. The van der Waals surface area contributed by atoms with Gasteiger partial charge in [-0.3, -0.25) is 0 Å². The molecule has 18 heavy (non-hydrogen) atoms. The van der Waals surface area contributed by atoms with Crippen molar-refractivity contribution >= 4 is 27.3 Å². The number of hydrogen-bond donors (Lipinski definition) is 0. The van der Waals surface area contributed by atoms with E-state index in [-0.39, 0.29) is 0 Å². The summed E-state index contributed by atoms with van der Waals surface area (Å²) in [7, 11) is 0. The summed E-state index contributed by atoms with van der Waals surface area (Å²) >= 11 is 5.00. The van der Waals surface area contributed by atoms with E-state index in [0.717, 1.165) is 16.6 Å². The van der Waals surface area contributed by atoms with E-state index in [1.54, 1.807) is 17.4 Å². The van der Waals surface area contributed by atoms with E-state index >= 15 is 0 Å². The highest BCUT2D eigenvalue weighted by molar-refractivity contribution is 9.10. The topological polar surface area (TPSA) is 45.9 Å². The standard InChI is InChI=1S/C13H11BrN2OS/c1-9-13(18-8-16-9)4-5-17-12-6-11(14)3-2-10(12)7-15/h2-3,6,8H,4-5H2,1H3. The van der Waals surface area contributed by atoms with Crippen molar-refractivity contribution in [3.8, 4) is 11.8 Å². The second kappa shape index (κ2) is 5.98. The Labute approximate surface area is 118 Å². The highest BCUT2D eigenvalue weighted by Crippen LogP contribution is 2.23.